The average Bonchev–Trinajstić information content (AvgIpc) is 2.30. The number of amides is 2. The SMILES string of the molecule is CCC(CC)C(C)NC(=O)NCCC(O)C(=O)O. The van der Waals surface area contributed by atoms with Crippen LogP contribution in [0.4, 0.5) is 4.79 Å². The highest BCUT2D eigenvalue weighted by Gasteiger charge is 2.16. The van der Waals surface area contributed by atoms with Crippen molar-refractivity contribution in [3.05, 3.63) is 0 Å². The van der Waals surface area contributed by atoms with E-state index in [4.69, 9.17) is 10.2 Å². The molecule has 0 saturated carbocycles. The number of rotatable bonds is 8. The van der Waals surface area contributed by atoms with Crippen molar-refractivity contribution < 1.29 is 19.8 Å². The van der Waals surface area contributed by atoms with E-state index < -0.39 is 12.1 Å². The van der Waals surface area contributed by atoms with Gasteiger partial charge in [0, 0.05) is 19.0 Å². The van der Waals surface area contributed by atoms with Gasteiger partial charge in [0.25, 0.3) is 0 Å². The molecule has 0 spiro atoms. The van der Waals surface area contributed by atoms with Gasteiger partial charge in [0.1, 0.15) is 0 Å². The summed E-state index contributed by atoms with van der Waals surface area (Å²) in [6.07, 6.45) is 0.565. The lowest BCUT2D eigenvalue weighted by Gasteiger charge is -2.22. The van der Waals surface area contributed by atoms with Gasteiger partial charge in [0.15, 0.2) is 6.10 Å². The summed E-state index contributed by atoms with van der Waals surface area (Å²) in [4.78, 5) is 21.8. The normalized spacial score (nSPS) is 14.1. The van der Waals surface area contributed by atoms with Gasteiger partial charge in [-0.1, -0.05) is 26.7 Å². The van der Waals surface area contributed by atoms with Crippen LogP contribution in [0, 0.1) is 5.92 Å². The largest absolute Gasteiger partial charge is 0.479 e. The Balaban J connectivity index is 3.87. The zero-order valence-electron chi connectivity index (χ0n) is 11.3. The van der Waals surface area contributed by atoms with E-state index in [9.17, 15) is 9.59 Å². The standard InChI is InChI=1S/C12H24N2O4/c1-4-9(5-2)8(3)14-12(18)13-7-6-10(15)11(16)17/h8-10,15H,4-7H2,1-3H3,(H,16,17)(H2,13,14,18). The van der Waals surface area contributed by atoms with Crippen molar-refractivity contribution in [3.63, 3.8) is 0 Å². The molecule has 0 fully saturated rings. The number of nitrogens with one attached hydrogen (secondary N) is 2. The molecule has 0 rings (SSSR count). The minimum atomic E-state index is -1.43. The third-order valence-electron chi connectivity index (χ3n) is 3.10. The summed E-state index contributed by atoms with van der Waals surface area (Å²) >= 11 is 0. The van der Waals surface area contributed by atoms with E-state index in [-0.39, 0.29) is 25.0 Å². The topological polar surface area (TPSA) is 98.7 Å². The molecule has 18 heavy (non-hydrogen) atoms. The van der Waals surface area contributed by atoms with E-state index in [1.54, 1.807) is 0 Å². The van der Waals surface area contributed by atoms with Crippen LogP contribution < -0.4 is 10.6 Å². The first-order chi connectivity index (χ1) is 8.42. The second-order valence-corrected chi connectivity index (χ2v) is 4.41. The van der Waals surface area contributed by atoms with Crippen molar-refractivity contribution in [3.8, 4) is 0 Å². The van der Waals surface area contributed by atoms with E-state index >= 15 is 0 Å². The molecule has 0 saturated heterocycles. The van der Waals surface area contributed by atoms with Gasteiger partial charge in [0.2, 0.25) is 0 Å². The number of aliphatic hydroxyl groups is 1. The molecular weight excluding hydrogens is 236 g/mol. The number of carboxylic acids is 1. The molecule has 6 nitrogen and oxygen atoms in total. The second kappa shape index (κ2) is 8.74. The fourth-order valence-corrected chi connectivity index (χ4v) is 1.82. The number of urea groups is 1. The Morgan fingerprint density at radius 3 is 2.22 bits per heavy atom. The molecule has 2 unspecified atom stereocenters. The van der Waals surface area contributed by atoms with Gasteiger partial charge in [-0.2, -0.15) is 0 Å². The number of aliphatic carboxylic acids is 1. The van der Waals surface area contributed by atoms with E-state index in [0.29, 0.717) is 5.92 Å². The van der Waals surface area contributed by atoms with E-state index in [1.165, 1.54) is 0 Å². The van der Waals surface area contributed by atoms with Crippen LogP contribution in [0.5, 0.6) is 0 Å². The molecule has 0 aromatic heterocycles. The minimum Gasteiger partial charge on any atom is -0.479 e. The third kappa shape index (κ3) is 6.44. The zero-order valence-corrected chi connectivity index (χ0v) is 11.3. The number of hydrogen-bond acceptors (Lipinski definition) is 3. The first-order valence-electron chi connectivity index (χ1n) is 6.37. The van der Waals surface area contributed by atoms with Gasteiger partial charge >= 0.3 is 12.0 Å². The summed E-state index contributed by atoms with van der Waals surface area (Å²) in [5.41, 5.74) is 0. The molecule has 0 aliphatic heterocycles. The fourth-order valence-electron chi connectivity index (χ4n) is 1.82. The number of aliphatic hydroxyl groups excluding tert-OH is 1. The summed E-state index contributed by atoms with van der Waals surface area (Å²) in [7, 11) is 0. The van der Waals surface area contributed by atoms with Crippen LogP contribution in [-0.4, -0.2) is 40.9 Å². The number of carbonyl (C=O) groups excluding carboxylic acids is 1. The maximum Gasteiger partial charge on any atom is 0.332 e. The van der Waals surface area contributed by atoms with E-state index in [0.717, 1.165) is 12.8 Å². The molecule has 106 valence electrons. The summed E-state index contributed by atoms with van der Waals surface area (Å²) in [6, 6.07) is -0.253. The highest BCUT2D eigenvalue weighted by molar-refractivity contribution is 5.74. The highest BCUT2D eigenvalue weighted by Crippen LogP contribution is 2.12. The van der Waals surface area contributed by atoms with Crippen molar-refractivity contribution in [1.82, 2.24) is 10.6 Å². The molecule has 2 amide bonds. The summed E-state index contributed by atoms with van der Waals surface area (Å²) < 4.78 is 0. The minimum absolute atomic E-state index is 0.00210. The summed E-state index contributed by atoms with van der Waals surface area (Å²) in [5, 5.41) is 22.8. The van der Waals surface area contributed by atoms with Crippen molar-refractivity contribution in [2.24, 2.45) is 5.92 Å². The molecule has 4 N–H and O–H groups in total. The van der Waals surface area contributed by atoms with Crippen LogP contribution in [-0.2, 0) is 4.79 Å². The van der Waals surface area contributed by atoms with E-state index in [1.807, 2.05) is 6.92 Å². The highest BCUT2D eigenvalue weighted by atomic mass is 16.4. The van der Waals surface area contributed by atoms with Crippen LogP contribution >= 0.6 is 0 Å². The monoisotopic (exact) mass is 260 g/mol. The Labute approximate surface area is 108 Å². The first kappa shape index (κ1) is 16.7. The first-order valence-corrected chi connectivity index (χ1v) is 6.37. The predicted octanol–water partition coefficient (Wildman–Crippen LogP) is 0.946. The Kier molecular flexibility index (Phi) is 8.11. The molecule has 0 radical (unpaired) electrons. The average molecular weight is 260 g/mol. The van der Waals surface area contributed by atoms with Crippen LogP contribution in [0.1, 0.15) is 40.0 Å². The van der Waals surface area contributed by atoms with Gasteiger partial charge in [0.05, 0.1) is 0 Å². The summed E-state index contributed by atoms with van der Waals surface area (Å²) in [5.74, 6) is -0.844. The van der Waals surface area contributed by atoms with Crippen molar-refractivity contribution >= 4 is 12.0 Å². The van der Waals surface area contributed by atoms with Crippen LogP contribution in [0.3, 0.4) is 0 Å². The quantitative estimate of drug-likeness (QED) is 0.522. The number of hydrogen-bond donors (Lipinski definition) is 4. The van der Waals surface area contributed by atoms with Crippen molar-refractivity contribution in [1.29, 1.82) is 0 Å². The van der Waals surface area contributed by atoms with Gasteiger partial charge in [-0.3, -0.25) is 0 Å². The molecule has 2 atom stereocenters. The molecule has 0 bridgehead atoms. The number of carboxylic acid groups (broad SMARTS) is 1. The van der Waals surface area contributed by atoms with Crippen molar-refractivity contribution in [2.75, 3.05) is 6.54 Å². The van der Waals surface area contributed by atoms with Crippen LogP contribution in [0.15, 0.2) is 0 Å². The van der Waals surface area contributed by atoms with Gasteiger partial charge in [-0.15, -0.1) is 0 Å². The van der Waals surface area contributed by atoms with Gasteiger partial charge < -0.3 is 20.8 Å². The molecule has 0 aromatic carbocycles. The molecule has 0 aliphatic rings. The lowest BCUT2D eigenvalue weighted by atomic mass is 9.96. The number of carbonyl (C=O) groups is 2. The lowest BCUT2D eigenvalue weighted by Crippen LogP contribution is -2.44. The fraction of sp³-hybridized carbons (Fsp3) is 0.833. The van der Waals surface area contributed by atoms with Gasteiger partial charge in [-0.05, 0) is 12.8 Å². The zero-order chi connectivity index (χ0) is 14.1. The molecule has 0 aliphatic carbocycles. The van der Waals surface area contributed by atoms with Gasteiger partial charge in [-0.25, -0.2) is 9.59 Å². The Morgan fingerprint density at radius 2 is 1.78 bits per heavy atom. The summed E-state index contributed by atoms with van der Waals surface area (Å²) in [6.45, 7) is 6.24. The lowest BCUT2D eigenvalue weighted by molar-refractivity contribution is -0.146. The Morgan fingerprint density at radius 1 is 1.22 bits per heavy atom. The third-order valence-corrected chi connectivity index (χ3v) is 3.10. The Hall–Kier alpha value is -1.30. The van der Waals surface area contributed by atoms with E-state index in [2.05, 4.69) is 24.5 Å². The maximum absolute atomic E-state index is 11.5. The van der Waals surface area contributed by atoms with Crippen molar-refractivity contribution in [2.45, 2.75) is 52.2 Å². The second-order valence-electron chi connectivity index (χ2n) is 4.41. The predicted molar refractivity (Wildman–Crippen MR) is 68.3 cm³/mol. The smallest absolute Gasteiger partial charge is 0.332 e. The molecule has 0 heterocycles. The molecule has 0 aromatic rings. The van der Waals surface area contributed by atoms with Crippen LogP contribution in [0.2, 0.25) is 0 Å². The Bertz CT molecular complexity index is 267. The maximum atomic E-state index is 11.5. The van der Waals surface area contributed by atoms with Crippen LogP contribution in [0.25, 0.3) is 0 Å². The molecule has 6 heteroatoms. The molecular formula is C12H24N2O4.